The van der Waals surface area contributed by atoms with Gasteiger partial charge in [0, 0.05) is 26.6 Å². The maximum atomic E-state index is 12.9. The summed E-state index contributed by atoms with van der Waals surface area (Å²) in [7, 11) is 0. The lowest BCUT2D eigenvalue weighted by atomic mass is 9.62. The zero-order valence-electron chi connectivity index (χ0n) is 18.2. The van der Waals surface area contributed by atoms with Gasteiger partial charge in [-0.3, -0.25) is 9.59 Å². The number of rotatable bonds is 10. The lowest BCUT2D eigenvalue weighted by molar-refractivity contribution is -0.118. The van der Waals surface area contributed by atoms with Crippen molar-refractivity contribution < 1.29 is 9.59 Å². The van der Waals surface area contributed by atoms with Gasteiger partial charge in [-0.2, -0.15) is 0 Å². The highest BCUT2D eigenvalue weighted by atomic mass is 35.5. The Labute approximate surface area is 193 Å². The van der Waals surface area contributed by atoms with E-state index in [-0.39, 0.29) is 19.2 Å². The first-order valence-electron chi connectivity index (χ1n) is 11.5. The van der Waals surface area contributed by atoms with Crippen LogP contribution in [-0.4, -0.2) is 38.0 Å². The SMILES string of the molecule is C.CC(=O)NCCNCCCc1ccc(Cl)c(C(=O)NCC23CCCC(CCC2)C3)c1. The lowest BCUT2D eigenvalue weighted by Crippen LogP contribution is -2.43. The zero-order chi connectivity index (χ0) is 21.4. The minimum atomic E-state index is -0.0441. The molecule has 2 fully saturated rings. The van der Waals surface area contributed by atoms with Crippen LogP contribution in [0.2, 0.25) is 5.02 Å². The van der Waals surface area contributed by atoms with Gasteiger partial charge in [0.05, 0.1) is 10.6 Å². The van der Waals surface area contributed by atoms with Crippen molar-refractivity contribution in [2.45, 2.75) is 72.1 Å². The highest BCUT2D eigenvalue weighted by Gasteiger charge is 2.39. The van der Waals surface area contributed by atoms with Crippen molar-refractivity contribution in [2.75, 3.05) is 26.2 Å². The lowest BCUT2D eigenvalue weighted by Gasteiger charge is -2.45. The van der Waals surface area contributed by atoms with Gasteiger partial charge in [-0.05, 0) is 67.7 Å². The van der Waals surface area contributed by atoms with E-state index in [9.17, 15) is 9.59 Å². The molecule has 0 aliphatic heterocycles. The number of nitrogens with one attached hydrogen (secondary N) is 3. The van der Waals surface area contributed by atoms with Gasteiger partial charge in [0.25, 0.3) is 5.91 Å². The van der Waals surface area contributed by atoms with Gasteiger partial charge in [-0.1, -0.05) is 50.8 Å². The summed E-state index contributed by atoms with van der Waals surface area (Å²) in [5.74, 6) is 0.815. The molecule has 0 heterocycles. The van der Waals surface area contributed by atoms with Gasteiger partial charge in [0.1, 0.15) is 0 Å². The fraction of sp³-hybridized carbons (Fsp3) is 0.680. The van der Waals surface area contributed by atoms with Crippen LogP contribution in [0.5, 0.6) is 0 Å². The standard InChI is InChI=1S/C24H36ClN3O2.CH4/c1-18(29)27-14-13-26-12-4-7-19-8-9-22(25)21(15-19)23(30)28-17-24-10-2-5-20(16-24)6-3-11-24;/h8-9,15,20,26H,2-7,10-14,16-17H2,1H3,(H,27,29)(H,28,30);1H4. The number of carbonyl (C=O) groups excluding carboxylic acids is 2. The Hall–Kier alpha value is -1.59. The molecule has 0 saturated heterocycles. The number of benzene rings is 1. The van der Waals surface area contributed by atoms with Crippen molar-refractivity contribution in [1.29, 1.82) is 0 Å². The van der Waals surface area contributed by atoms with E-state index >= 15 is 0 Å². The van der Waals surface area contributed by atoms with E-state index in [1.807, 2.05) is 18.2 Å². The summed E-state index contributed by atoms with van der Waals surface area (Å²) in [6.07, 6.45) is 10.9. The molecule has 3 rings (SSSR count). The molecule has 3 N–H and O–H groups in total. The summed E-state index contributed by atoms with van der Waals surface area (Å²) in [6, 6.07) is 5.78. The summed E-state index contributed by atoms with van der Waals surface area (Å²) in [6.45, 7) is 4.57. The van der Waals surface area contributed by atoms with Crippen LogP contribution in [0.4, 0.5) is 0 Å². The van der Waals surface area contributed by atoms with E-state index in [4.69, 9.17) is 11.6 Å². The molecule has 2 amide bonds. The second-order valence-corrected chi connectivity index (χ2v) is 9.60. The number of hydrogen-bond acceptors (Lipinski definition) is 3. The molecule has 6 heteroatoms. The highest BCUT2D eigenvalue weighted by Crippen LogP contribution is 2.48. The molecule has 0 atom stereocenters. The Morgan fingerprint density at radius 1 is 1.10 bits per heavy atom. The minimum absolute atomic E-state index is 0. The molecule has 2 aliphatic carbocycles. The molecular weight excluding hydrogens is 410 g/mol. The van der Waals surface area contributed by atoms with Crippen LogP contribution in [0.15, 0.2) is 18.2 Å². The molecular formula is C25H40ClN3O2. The zero-order valence-corrected chi connectivity index (χ0v) is 19.0. The van der Waals surface area contributed by atoms with E-state index in [1.54, 1.807) is 0 Å². The van der Waals surface area contributed by atoms with Crippen molar-refractivity contribution in [1.82, 2.24) is 16.0 Å². The first-order chi connectivity index (χ1) is 14.5. The van der Waals surface area contributed by atoms with Crippen LogP contribution in [-0.2, 0) is 11.2 Å². The van der Waals surface area contributed by atoms with E-state index in [0.29, 0.717) is 22.5 Å². The Kier molecular flexibility index (Phi) is 10.3. The summed E-state index contributed by atoms with van der Waals surface area (Å²) < 4.78 is 0. The predicted molar refractivity (Wildman–Crippen MR) is 129 cm³/mol. The van der Waals surface area contributed by atoms with E-state index < -0.39 is 0 Å². The van der Waals surface area contributed by atoms with E-state index in [1.165, 1.54) is 51.9 Å². The average Bonchev–Trinajstić information content (AvgIpc) is 2.72. The number of fused-ring (bicyclic) bond motifs is 2. The number of amides is 2. The van der Waals surface area contributed by atoms with Gasteiger partial charge in [0.2, 0.25) is 5.91 Å². The summed E-state index contributed by atoms with van der Waals surface area (Å²) >= 11 is 6.35. The molecule has 0 radical (unpaired) electrons. The molecule has 0 aromatic heterocycles. The first-order valence-corrected chi connectivity index (χ1v) is 11.9. The Morgan fingerprint density at radius 2 is 1.84 bits per heavy atom. The quantitative estimate of drug-likeness (QED) is 0.452. The number of aryl methyl sites for hydroxylation is 1. The van der Waals surface area contributed by atoms with Crippen LogP contribution in [0.1, 0.15) is 81.6 Å². The van der Waals surface area contributed by atoms with Crippen molar-refractivity contribution >= 4 is 23.4 Å². The normalized spacial score (nSPS) is 22.3. The largest absolute Gasteiger partial charge is 0.355 e. The summed E-state index contributed by atoms with van der Waals surface area (Å²) in [4.78, 5) is 23.7. The predicted octanol–water partition coefficient (Wildman–Crippen LogP) is 4.72. The van der Waals surface area contributed by atoms with Crippen molar-refractivity contribution in [3.8, 4) is 0 Å². The Balaban J connectivity index is 0.00000341. The van der Waals surface area contributed by atoms with Crippen molar-refractivity contribution in [3.05, 3.63) is 34.3 Å². The topological polar surface area (TPSA) is 70.2 Å². The van der Waals surface area contributed by atoms with Gasteiger partial charge < -0.3 is 16.0 Å². The van der Waals surface area contributed by atoms with Gasteiger partial charge in [0.15, 0.2) is 0 Å². The van der Waals surface area contributed by atoms with Crippen LogP contribution >= 0.6 is 11.6 Å². The highest BCUT2D eigenvalue weighted by molar-refractivity contribution is 6.33. The maximum absolute atomic E-state index is 12.9. The molecule has 31 heavy (non-hydrogen) atoms. The fourth-order valence-electron chi connectivity index (χ4n) is 5.20. The smallest absolute Gasteiger partial charge is 0.252 e. The van der Waals surface area contributed by atoms with Gasteiger partial charge in [-0.25, -0.2) is 0 Å². The minimum Gasteiger partial charge on any atom is -0.355 e. The first kappa shape index (κ1) is 25.7. The van der Waals surface area contributed by atoms with E-state index in [0.717, 1.165) is 44.0 Å². The molecule has 2 saturated carbocycles. The molecule has 1 aromatic rings. The van der Waals surface area contributed by atoms with Crippen LogP contribution in [0.3, 0.4) is 0 Å². The van der Waals surface area contributed by atoms with Gasteiger partial charge >= 0.3 is 0 Å². The summed E-state index contributed by atoms with van der Waals surface area (Å²) in [5, 5.41) is 9.82. The number of halogens is 1. The van der Waals surface area contributed by atoms with Crippen molar-refractivity contribution in [2.24, 2.45) is 11.3 Å². The Bertz CT molecular complexity index is 727. The second kappa shape index (κ2) is 12.4. The van der Waals surface area contributed by atoms with E-state index in [2.05, 4.69) is 16.0 Å². The average molecular weight is 450 g/mol. The number of hydrogen-bond donors (Lipinski definition) is 3. The Morgan fingerprint density at radius 3 is 2.55 bits per heavy atom. The molecule has 1 aromatic carbocycles. The van der Waals surface area contributed by atoms with Crippen molar-refractivity contribution in [3.63, 3.8) is 0 Å². The molecule has 2 aliphatic rings. The maximum Gasteiger partial charge on any atom is 0.252 e. The van der Waals surface area contributed by atoms with Crippen LogP contribution < -0.4 is 16.0 Å². The van der Waals surface area contributed by atoms with Crippen LogP contribution in [0.25, 0.3) is 0 Å². The van der Waals surface area contributed by atoms with Gasteiger partial charge in [-0.15, -0.1) is 0 Å². The third-order valence-corrected chi connectivity index (χ3v) is 7.08. The van der Waals surface area contributed by atoms with Crippen LogP contribution in [0, 0.1) is 11.3 Å². The molecule has 5 nitrogen and oxygen atoms in total. The third kappa shape index (κ3) is 7.80. The monoisotopic (exact) mass is 449 g/mol. The fourth-order valence-corrected chi connectivity index (χ4v) is 5.41. The molecule has 0 spiro atoms. The number of carbonyl (C=O) groups is 2. The molecule has 2 bridgehead atoms. The summed E-state index contributed by atoms with van der Waals surface area (Å²) in [5.41, 5.74) is 2.03. The molecule has 0 unspecified atom stereocenters. The molecule has 174 valence electrons. The third-order valence-electron chi connectivity index (χ3n) is 6.75. The second-order valence-electron chi connectivity index (χ2n) is 9.19.